The molecule has 0 aliphatic carbocycles. The number of carbonyl (C=O) groups is 2. The van der Waals surface area contributed by atoms with E-state index in [0.29, 0.717) is 26.1 Å². The summed E-state index contributed by atoms with van der Waals surface area (Å²) in [6.07, 6.45) is 2.93. The number of amides is 2. The van der Waals surface area contributed by atoms with Gasteiger partial charge in [-0.3, -0.25) is 9.59 Å². The van der Waals surface area contributed by atoms with Crippen LogP contribution in [0.4, 0.5) is 0 Å². The van der Waals surface area contributed by atoms with Crippen molar-refractivity contribution in [3.63, 3.8) is 0 Å². The first-order valence-corrected chi connectivity index (χ1v) is 5.79. The lowest BCUT2D eigenvalue weighted by Gasteiger charge is -2.14. The quantitative estimate of drug-likeness (QED) is 0.308. The Morgan fingerprint density at radius 1 is 1.53 bits per heavy atom. The fraction of sp³-hybridized carbons (Fsp3) is 0.800. The fourth-order valence-corrected chi connectivity index (χ4v) is 1.68. The molecular weight excluding hydrogens is 222 g/mol. The molecule has 0 aromatic rings. The van der Waals surface area contributed by atoms with E-state index in [9.17, 15) is 9.59 Å². The summed E-state index contributed by atoms with van der Waals surface area (Å²) in [5.41, 5.74) is 8.05. The zero-order chi connectivity index (χ0) is 12.5. The van der Waals surface area contributed by atoms with Crippen LogP contribution in [0.15, 0.2) is 5.11 Å². The van der Waals surface area contributed by atoms with Gasteiger partial charge in [-0.2, -0.15) is 0 Å². The number of rotatable bonds is 7. The van der Waals surface area contributed by atoms with Crippen LogP contribution in [0.25, 0.3) is 10.4 Å². The van der Waals surface area contributed by atoms with Gasteiger partial charge in [0.2, 0.25) is 11.8 Å². The van der Waals surface area contributed by atoms with E-state index in [1.807, 2.05) is 0 Å². The Morgan fingerprint density at radius 2 is 2.35 bits per heavy atom. The number of likely N-dealkylation sites (tertiary alicyclic amines) is 1. The maximum Gasteiger partial charge on any atom is 0.239 e. The van der Waals surface area contributed by atoms with Gasteiger partial charge < -0.3 is 10.2 Å². The van der Waals surface area contributed by atoms with Crippen molar-refractivity contribution in [2.45, 2.75) is 25.7 Å². The van der Waals surface area contributed by atoms with Crippen LogP contribution in [0.5, 0.6) is 0 Å². The third-order valence-corrected chi connectivity index (χ3v) is 2.58. The lowest BCUT2D eigenvalue weighted by Crippen LogP contribution is -2.38. The first kappa shape index (κ1) is 13.3. The van der Waals surface area contributed by atoms with Crippen molar-refractivity contribution in [3.8, 4) is 0 Å². The molecule has 2 amide bonds. The zero-order valence-electron chi connectivity index (χ0n) is 9.76. The number of hydrogen-bond donors (Lipinski definition) is 1. The second kappa shape index (κ2) is 7.51. The van der Waals surface area contributed by atoms with Gasteiger partial charge >= 0.3 is 0 Å². The number of carbonyl (C=O) groups excluding carboxylic acids is 2. The molecule has 0 unspecified atom stereocenters. The zero-order valence-corrected chi connectivity index (χ0v) is 9.76. The molecule has 0 aromatic heterocycles. The minimum atomic E-state index is -0.121. The fourth-order valence-electron chi connectivity index (χ4n) is 1.68. The van der Waals surface area contributed by atoms with E-state index in [1.165, 1.54) is 0 Å². The van der Waals surface area contributed by atoms with Gasteiger partial charge in [-0.1, -0.05) is 5.11 Å². The molecule has 1 rings (SSSR count). The van der Waals surface area contributed by atoms with Crippen molar-refractivity contribution in [1.29, 1.82) is 0 Å². The van der Waals surface area contributed by atoms with Crippen molar-refractivity contribution in [2.75, 3.05) is 26.2 Å². The van der Waals surface area contributed by atoms with E-state index < -0.39 is 0 Å². The van der Waals surface area contributed by atoms with Gasteiger partial charge in [-0.05, 0) is 24.8 Å². The summed E-state index contributed by atoms with van der Waals surface area (Å²) < 4.78 is 0. The number of nitrogens with zero attached hydrogens (tertiary/aromatic N) is 4. The Balaban J connectivity index is 2.05. The molecule has 1 aliphatic rings. The molecule has 1 saturated heterocycles. The Morgan fingerprint density at radius 3 is 3.00 bits per heavy atom. The molecule has 7 heteroatoms. The molecule has 0 bridgehead atoms. The summed E-state index contributed by atoms with van der Waals surface area (Å²) in [7, 11) is 0. The van der Waals surface area contributed by atoms with Crippen molar-refractivity contribution in [2.24, 2.45) is 5.11 Å². The molecule has 0 aromatic carbocycles. The van der Waals surface area contributed by atoms with Gasteiger partial charge in [0.15, 0.2) is 0 Å². The summed E-state index contributed by atoms with van der Waals surface area (Å²) in [4.78, 5) is 26.9. The molecular formula is C10H17N5O2. The Labute approximate surface area is 99.8 Å². The van der Waals surface area contributed by atoms with Gasteiger partial charge in [0.25, 0.3) is 0 Å². The summed E-state index contributed by atoms with van der Waals surface area (Å²) in [6.45, 7) is 1.86. The maximum atomic E-state index is 11.4. The SMILES string of the molecule is [N-]=[N+]=NCCCCNC(=O)CN1CCCC1=O. The molecule has 0 radical (unpaired) electrons. The van der Waals surface area contributed by atoms with Crippen LogP contribution in [0.1, 0.15) is 25.7 Å². The first-order chi connectivity index (χ1) is 8.24. The second-order valence-corrected chi connectivity index (χ2v) is 3.93. The summed E-state index contributed by atoms with van der Waals surface area (Å²) >= 11 is 0. The van der Waals surface area contributed by atoms with Crippen LogP contribution in [0.3, 0.4) is 0 Å². The molecule has 0 saturated carbocycles. The molecule has 1 N–H and O–H groups in total. The molecule has 0 spiro atoms. The largest absolute Gasteiger partial charge is 0.355 e. The molecule has 94 valence electrons. The number of azide groups is 1. The van der Waals surface area contributed by atoms with Crippen LogP contribution < -0.4 is 5.32 Å². The summed E-state index contributed by atoms with van der Waals surface area (Å²) in [6, 6.07) is 0. The predicted molar refractivity (Wildman–Crippen MR) is 62.1 cm³/mol. The van der Waals surface area contributed by atoms with Crippen LogP contribution >= 0.6 is 0 Å². The van der Waals surface area contributed by atoms with E-state index in [-0.39, 0.29) is 18.4 Å². The van der Waals surface area contributed by atoms with Crippen LogP contribution in [0.2, 0.25) is 0 Å². The van der Waals surface area contributed by atoms with Crippen molar-refractivity contribution >= 4 is 11.8 Å². The Kier molecular flexibility index (Phi) is 5.88. The van der Waals surface area contributed by atoms with Gasteiger partial charge in [-0.25, -0.2) is 0 Å². The van der Waals surface area contributed by atoms with Crippen LogP contribution in [-0.2, 0) is 9.59 Å². The molecule has 1 fully saturated rings. The van der Waals surface area contributed by atoms with E-state index in [4.69, 9.17) is 5.53 Å². The van der Waals surface area contributed by atoms with Crippen molar-refractivity contribution in [3.05, 3.63) is 10.4 Å². The Bertz CT molecular complexity index is 325. The van der Waals surface area contributed by atoms with Gasteiger partial charge in [0.05, 0.1) is 6.54 Å². The minimum Gasteiger partial charge on any atom is -0.355 e. The topological polar surface area (TPSA) is 98.2 Å². The van der Waals surface area contributed by atoms with Crippen molar-refractivity contribution < 1.29 is 9.59 Å². The third kappa shape index (κ3) is 5.21. The molecule has 17 heavy (non-hydrogen) atoms. The molecule has 1 aliphatic heterocycles. The average molecular weight is 239 g/mol. The van der Waals surface area contributed by atoms with E-state index in [0.717, 1.165) is 19.3 Å². The molecule has 0 atom stereocenters. The number of nitrogens with one attached hydrogen (secondary N) is 1. The monoisotopic (exact) mass is 239 g/mol. The van der Waals surface area contributed by atoms with Gasteiger partial charge in [0.1, 0.15) is 0 Å². The molecule has 1 heterocycles. The normalized spacial score (nSPS) is 14.6. The van der Waals surface area contributed by atoms with Crippen LogP contribution in [0, 0.1) is 0 Å². The standard InChI is InChI=1S/C10H17N5O2/c11-14-13-6-2-1-5-12-9(16)8-15-7-3-4-10(15)17/h1-8H2,(H,12,16). The molecule has 7 nitrogen and oxygen atoms in total. The Hall–Kier alpha value is -1.75. The van der Waals surface area contributed by atoms with E-state index >= 15 is 0 Å². The van der Waals surface area contributed by atoms with Crippen molar-refractivity contribution in [1.82, 2.24) is 10.2 Å². The minimum absolute atomic E-state index is 0.0588. The average Bonchev–Trinajstić information content (AvgIpc) is 2.69. The highest BCUT2D eigenvalue weighted by Crippen LogP contribution is 2.08. The first-order valence-electron chi connectivity index (χ1n) is 5.79. The number of unbranched alkanes of at least 4 members (excludes halogenated alkanes) is 1. The smallest absolute Gasteiger partial charge is 0.239 e. The van der Waals surface area contributed by atoms with Gasteiger partial charge in [0, 0.05) is 31.0 Å². The highest BCUT2D eigenvalue weighted by molar-refractivity contribution is 5.85. The maximum absolute atomic E-state index is 11.4. The lowest BCUT2D eigenvalue weighted by atomic mass is 10.3. The number of hydrogen-bond acceptors (Lipinski definition) is 3. The van der Waals surface area contributed by atoms with E-state index in [1.54, 1.807) is 4.90 Å². The lowest BCUT2D eigenvalue weighted by molar-refractivity contribution is -0.133. The highest BCUT2D eigenvalue weighted by atomic mass is 16.2. The van der Waals surface area contributed by atoms with E-state index in [2.05, 4.69) is 15.3 Å². The highest BCUT2D eigenvalue weighted by Gasteiger charge is 2.21. The van der Waals surface area contributed by atoms with Crippen LogP contribution in [-0.4, -0.2) is 42.9 Å². The van der Waals surface area contributed by atoms with Gasteiger partial charge in [-0.15, -0.1) is 0 Å². The summed E-state index contributed by atoms with van der Waals surface area (Å²) in [5.74, 6) is -0.0625. The second-order valence-electron chi connectivity index (χ2n) is 3.93. The summed E-state index contributed by atoms with van der Waals surface area (Å²) in [5, 5.41) is 6.14. The third-order valence-electron chi connectivity index (χ3n) is 2.58. The predicted octanol–water partition coefficient (Wildman–Crippen LogP) is 0.816.